The molecule has 4 heterocycles. The van der Waals surface area contributed by atoms with Crippen LogP contribution in [0.15, 0.2) is 53.8 Å². The Labute approximate surface area is 197 Å². The summed E-state index contributed by atoms with van der Waals surface area (Å²) in [6, 6.07) is 5.79. The van der Waals surface area contributed by atoms with Crippen LogP contribution in [0.5, 0.6) is 5.75 Å². The van der Waals surface area contributed by atoms with E-state index in [1.54, 1.807) is 22.9 Å². The van der Waals surface area contributed by atoms with Crippen molar-refractivity contribution >= 4 is 27.2 Å². The van der Waals surface area contributed by atoms with Gasteiger partial charge in [-0.1, -0.05) is 6.07 Å². The number of anilines is 1. The van der Waals surface area contributed by atoms with E-state index in [0.29, 0.717) is 25.2 Å². The number of piperidine rings is 1. The van der Waals surface area contributed by atoms with E-state index in [-0.39, 0.29) is 11.8 Å². The van der Waals surface area contributed by atoms with E-state index in [4.69, 9.17) is 0 Å². The molecule has 8 nitrogen and oxygen atoms in total. The van der Waals surface area contributed by atoms with Crippen molar-refractivity contribution in [2.24, 2.45) is 0 Å². The maximum Gasteiger partial charge on any atom is 0.259 e. The predicted molar refractivity (Wildman–Crippen MR) is 128 cm³/mol. The van der Waals surface area contributed by atoms with Gasteiger partial charge in [0.15, 0.2) is 5.82 Å². The Balaban J connectivity index is 1.38. The molecule has 2 atom stereocenters. The molecule has 2 aromatic heterocycles. The van der Waals surface area contributed by atoms with Crippen molar-refractivity contribution in [1.29, 1.82) is 0 Å². The summed E-state index contributed by atoms with van der Waals surface area (Å²) in [6.45, 7) is 5.55. The van der Waals surface area contributed by atoms with E-state index in [1.807, 2.05) is 25.1 Å². The third-order valence-corrected chi connectivity index (χ3v) is 8.81. The molecule has 0 saturated carbocycles. The molecule has 0 radical (unpaired) electrons. The van der Waals surface area contributed by atoms with Gasteiger partial charge in [0.1, 0.15) is 5.75 Å². The van der Waals surface area contributed by atoms with Crippen LogP contribution in [0, 0.1) is 6.92 Å². The zero-order chi connectivity index (χ0) is 23.2. The average molecular weight is 484 g/mol. The van der Waals surface area contributed by atoms with Crippen molar-refractivity contribution in [1.82, 2.24) is 19.9 Å². The van der Waals surface area contributed by atoms with Crippen molar-refractivity contribution in [3.8, 4) is 17.0 Å². The fourth-order valence-electron chi connectivity index (χ4n) is 4.89. The highest BCUT2D eigenvalue weighted by Crippen LogP contribution is 2.43. The number of nitrogens with zero attached hydrogens (tertiary/aromatic N) is 5. The van der Waals surface area contributed by atoms with E-state index in [0.717, 1.165) is 28.2 Å². The molecule has 2 aliphatic rings. The van der Waals surface area contributed by atoms with Gasteiger partial charge < -0.3 is 5.11 Å². The van der Waals surface area contributed by atoms with Gasteiger partial charge in [0.2, 0.25) is 0 Å². The van der Waals surface area contributed by atoms with E-state index in [9.17, 15) is 13.5 Å². The quantitative estimate of drug-likeness (QED) is 0.604. The number of phenols is 1. The van der Waals surface area contributed by atoms with Crippen LogP contribution in [0.3, 0.4) is 0 Å². The van der Waals surface area contributed by atoms with Gasteiger partial charge in [0, 0.05) is 47.4 Å². The topological polar surface area (TPSA) is 99.5 Å². The van der Waals surface area contributed by atoms with Crippen molar-refractivity contribution in [2.45, 2.75) is 44.8 Å². The molecule has 1 fully saturated rings. The first kappa shape index (κ1) is 22.0. The molecule has 33 heavy (non-hydrogen) atoms. The molecular formula is C23H25N5O3S2. The third-order valence-electron chi connectivity index (χ3n) is 6.52. The Morgan fingerprint density at radius 3 is 2.82 bits per heavy atom. The lowest BCUT2D eigenvalue weighted by Gasteiger charge is -2.46. The van der Waals surface area contributed by atoms with Gasteiger partial charge in [0.25, 0.3) is 10.0 Å². The first-order valence-electron chi connectivity index (χ1n) is 10.8. The van der Waals surface area contributed by atoms with Gasteiger partial charge in [-0.2, -0.15) is 0 Å². The van der Waals surface area contributed by atoms with Gasteiger partial charge in [-0.25, -0.2) is 22.7 Å². The van der Waals surface area contributed by atoms with Crippen LogP contribution in [0.4, 0.5) is 5.82 Å². The summed E-state index contributed by atoms with van der Waals surface area (Å²) in [5, 5.41) is 11.7. The summed E-state index contributed by atoms with van der Waals surface area (Å²) in [5.41, 5.74) is 3.78. The lowest BCUT2D eigenvalue weighted by atomic mass is 9.83. The molecular weight excluding hydrogens is 458 g/mol. The first-order chi connectivity index (χ1) is 15.8. The second-order valence-electron chi connectivity index (χ2n) is 8.66. The van der Waals surface area contributed by atoms with Gasteiger partial charge in [-0.15, -0.1) is 11.3 Å². The minimum absolute atomic E-state index is 0.133. The smallest absolute Gasteiger partial charge is 0.259 e. The molecule has 0 amide bonds. The summed E-state index contributed by atoms with van der Waals surface area (Å²) in [5.74, 6) is 0.573. The monoisotopic (exact) mass is 483 g/mol. The normalized spacial score (nSPS) is 24.5. The average Bonchev–Trinajstić information content (AvgIpc) is 3.32. The van der Waals surface area contributed by atoms with E-state index < -0.39 is 15.6 Å². The lowest BCUT2D eigenvalue weighted by Crippen LogP contribution is -2.56. The highest BCUT2D eigenvalue weighted by Gasteiger charge is 2.49. The van der Waals surface area contributed by atoms with Crippen LogP contribution in [-0.4, -0.2) is 51.5 Å². The predicted octanol–water partition coefficient (Wildman–Crippen LogP) is 3.70. The van der Waals surface area contributed by atoms with Crippen LogP contribution < -0.4 is 4.31 Å². The van der Waals surface area contributed by atoms with E-state index >= 15 is 0 Å². The number of thiazole rings is 1. The molecule has 1 aromatic carbocycles. The molecule has 10 heteroatoms. The summed E-state index contributed by atoms with van der Waals surface area (Å²) in [4.78, 5) is 16.2. The first-order valence-corrected chi connectivity index (χ1v) is 13.1. The van der Waals surface area contributed by atoms with Gasteiger partial charge >= 0.3 is 0 Å². The molecule has 0 aliphatic carbocycles. The van der Waals surface area contributed by atoms with Gasteiger partial charge in [0.05, 0.1) is 22.9 Å². The summed E-state index contributed by atoms with van der Waals surface area (Å²) < 4.78 is 27.1. The number of likely N-dealkylation sites (tertiary alicyclic amines) is 1. The molecule has 3 aromatic rings. The fraction of sp³-hybridized carbons (Fsp3) is 0.348. The molecule has 0 bridgehead atoms. The van der Waals surface area contributed by atoms with Crippen molar-refractivity contribution < 1.29 is 13.5 Å². The summed E-state index contributed by atoms with van der Waals surface area (Å²) in [6.07, 6.45) is 7.67. The standard InChI is InChI=1S/C23H25N5O3S2/c1-16-12-23(6-10-33(30,31)28(23)21-13-24-7-8-25-21)5-9-27(16)14-18-3-4-20(29)19(11-18)22-17(2)32-15-26-22/h3-4,6-8,10-11,13,15-16,29H,5,9,12,14H2,1-2H3/t16-,23-/m0/s1. The molecule has 2 aliphatic heterocycles. The minimum Gasteiger partial charge on any atom is -0.507 e. The number of phenolic OH excluding ortho intramolecular Hbond substituents is 1. The Hall–Kier alpha value is -2.82. The largest absolute Gasteiger partial charge is 0.507 e. The van der Waals surface area contributed by atoms with E-state index in [2.05, 4.69) is 26.8 Å². The second kappa shape index (κ2) is 8.19. The number of hydrogen-bond donors (Lipinski definition) is 1. The SMILES string of the molecule is Cc1scnc1-c1cc(CN2CC[C@]3(C=CS(=O)(=O)N3c3cnccn3)C[C@@H]2C)ccc1O. The number of benzene rings is 1. The Morgan fingerprint density at radius 1 is 1.27 bits per heavy atom. The Kier molecular flexibility index (Phi) is 5.46. The Bertz CT molecular complexity index is 1310. The van der Waals surface area contributed by atoms with Crippen molar-refractivity contribution in [2.75, 3.05) is 10.8 Å². The summed E-state index contributed by atoms with van der Waals surface area (Å²) in [7, 11) is -3.59. The minimum atomic E-state index is -3.59. The highest BCUT2D eigenvalue weighted by atomic mass is 32.2. The summed E-state index contributed by atoms with van der Waals surface area (Å²) >= 11 is 1.56. The number of rotatable bonds is 4. The number of aromatic nitrogens is 3. The Morgan fingerprint density at radius 2 is 2.12 bits per heavy atom. The molecule has 1 spiro atoms. The van der Waals surface area contributed by atoms with Crippen LogP contribution >= 0.6 is 11.3 Å². The highest BCUT2D eigenvalue weighted by molar-refractivity contribution is 7.96. The van der Waals surface area contributed by atoms with Gasteiger partial charge in [-0.3, -0.25) is 9.88 Å². The van der Waals surface area contributed by atoms with Crippen LogP contribution in [0.2, 0.25) is 0 Å². The fourth-order valence-corrected chi connectivity index (χ4v) is 7.12. The molecule has 1 saturated heterocycles. The van der Waals surface area contributed by atoms with Crippen LogP contribution in [0.1, 0.15) is 30.2 Å². The zero-order valence-electron chi connectivity index (χ0n) is 18.4. The maximum absolute atomic E-state index is 12.9. The van der Waals surface area contributed by atoms with Gasteiger partial charge in [-0.05, 0) is 50.5 Å². The maximum atomic E-state index is 12.9. The second-order valence-corrected chi connectivity index (χ2v) is 11.4. The van der Waals surface area contributed by atoms with E-state index in [1.165, 1.54) is 28.3 Å². The van der Waals surface area contributed by atoms with Crippen molar-refractivity contribution in [3.05, 3.63) is 64.2 Å². The molecule has 5 rings (SSSR count). The lowest BCUT2D eigenvalue weighted by molar-refractivity contribution is 0.119. The number of sulfonamides is 1. The number of hydrogen-bond acceptors (Lipinski definition) is 8. The zero-order valence-corrected chi connectivity index (χ0v) is 20.1. The number of aromatic hydroxyl groups is 1. The molecule has 172 valence electrons. The van der Waals surface area contributed by atoms with Crippen LogP contribution in [-0.2, 0) is 16.6 Å². The third kappa shape index (κ3) is 3.92. The molecule has 1 N–H and O–H groups in total. The van der Waals surface area contributed by atoms with Crippen molar-refractivity contribution in [3.63, 3.8) is 0 Å². The van der Waals surface area contributed by atoms with Crippen LogP contribution in [0.25, 0.3) is 11.3 Å². The molecule has 0 unspecified atom stereocenters. The number of aryl methyl sites for hydroxylation is 1.